The second-order valence-electron chi connectivity index (χ2n) is 6.72. The van der Waals surface area contributed by atoms with Crippen LogP contribution in [-0.2, 0) is 11.3 Å². The lowest BCUT2D eigenvalue weighted by molar-refractivity contribution is -0.134. The number of carbonyl (C=O) groups excluding carboxylic acids is 1. The molecule has 1 aliphatic rings. The molecule has 3 rings (SSSR count). The van der Waals surface area contributed by atoms with E-state index in [1.54, 1.807) is 14.0 Å². The van der Waals surface area contributed by atoms with Crippen LogP contribution < -0.4 is 9.64 Å². The van der Waals surface area contributed by atoms with E-state index >= 15 is 0 Å². The Morgan fingerprint density at radius 1 is 1.39 bits per heavy atom. The number of hydrogen-bond acceptors (Lipinski definition) is 5. The van der Waals surface area contributed by atoms with Gasteiger partial charge in [-0.3, -0.25) is 9.48 Å². The zero-order valence-corrected chi connectivity index (χ0v) is 17.5. The Labute approximate surface area is 174 Å². The molecule has 2 aromatic rings. The van der Waals surface area contributed by atoms with Crippen molar-refractivity contribution in [2.45, 2.75) is 26.4 Å². The molecule has 148 valence electrons. The Balaban J connectivity index is 1.68. The van der Waals surface area contributed by atoms with Crippen molar-refractivity contribution in [1.29, 1.82) is 5.26 Å². The fourth-order valence-corrected chi connectivity index (χ4v) is 3.75. The van der Waals surface area contributed by atoms with Gasteiger partial charge in [-0.25, -0.2) is 0 Å². The largest absolute Gasteiger partial charge is 0.495 e. The molecule has 1 fully saturated rings. The van der Waals surface area contributed by atoms with Crippen LogP contribution in [0.15, 0.2) is 18.2 Å². The second kappa shape index (κ2) is 8.29. The number of rotatable bonds is 4. The highest BCUT2D eigenvalue weighted by molar-refractivity contribution is 6.32. The lowest BCUT2D eigenvalue weighted by atomic mass is 10.1. The summed E-state index contributed by atoms with van der Waals surface area (Å²) in [6, 6.07) is 7.63. The van der Waals surface area contributed by atoms with Gasteiger partial charge in [0.2, 0.25) is 5.91 Å². The summed E-state index contributed by atoms with van der Waals surface area (Å²) in [4.78, 5) is 16.9. The molecular formula is C19H21Cl2N5O2. The molecule has 1 aromatic carbocycles. The highest BCUT2D eigenvalue weighted by Crippen LogP contribution is 2.30. The highest BCUT2D eigenvalue weighted by Gasteiger charge is 2.28. The number of nitriles is 1. The minimum Gasteiger partial charge on any atom is -0.495 e. The number of ether oxygens (including phenoxy) is 1. The van der Waals surface area contributed by atoms with Crippen molar-refractivity contribution in [1.82, 2.24) is 14.7 Å². The fourth-order valence-electron chi connectivity index (χ4n) is 3.38. The summed E-state index contributed by atoms with van der Waals surface area (Å²) in [6.07, 6.45) is 0. The molecule has 2 heterocycles. The molecule has 1 amide bonds. The zero-order chi connectivity index (χ0) is 20.4. The van der Waals surface area contributed by atoms with Crippen molar-refractivity contribution in [3.8, 4) is 11.8 Å². The SMILES string of the molecule is COc1cc(N2CCN(C(=O)Cn3nc(C#N)c(Cl)c3C)[C@@H](C)C2)ccc1Cl. The minimum absolute atomic E-state index is 0.0182. The maximum absolute atomic E-state index is 12.8. The Bertz CT molecular complexity index is 937. The first-order valence-corrected chi connectivity index (χ1v) is 9.62. The first-order chi connectivity index (χ1) is 13.3. The number of benzene rings is 1. The number of amides is 1. The van der Waals surface area contributed by atoms with E-state index in [1.165, 1.54) is 4.68 Å². The van der Waals surface area contributed by atoms with Crippen molar-refractivity contribution in [2.75, 3.05) is 31.6 Å². The van der Waals surface area contributed by atoms with E-state index in [9.17, 15) is 4.79 Å². The number of nitrogens with zero attached hydrogens (tertiary/aromatic N) is 5. The maximum atomic E-state index is 12.8. The predicted molar refractivity (Wildman–Crippen MR) is 108 cm³/mol. The van der Waals surface area contributed by atoms with Gasteiger partial charge in [-0.1, -0.05) is 23.2 Å². The molecule has 9 heteroatoms. The van der Waals surface area contributed by atoms with Gasteiger partial charge in [-0.15, -0.1) is 0 Å². The van der Waals surface area contributed by atoms with Crippen LogP contribution in [-0.4, -0.2) is 53.4 Å². The zero-order valence-electron chi connectivity index (χ0n) is 15.9. The van der Waals surface area contributed by atoms with Crippen molar-refractivity contribution >= 4 is 34.8 Å². The van der Waals surface area contributed by atoms with Gasteiger partial charge in [0.1, 0.15) is 18.4 Å². The summed E-state index contributed by atoms with van der Waals surface area (Å²) in [6.45, 7) is 5.80. The fraction of sp³-hybridized carbons (Fsp3) is 0.421. The molecule has 0 bridgehead atoms. The van der Waals surface area contributed by atoms with E-state index in [2.05, 4.69) is 10.00 Å². The monoisotopic (exact) mass is 421 g/mol. The molecule has 0 aliphatic carbocycles. The first kappa shape index (κ1) is 20.3. The molecule has 0 unspecified atom stereocenters. The molecule has 1 atom stereocenters. The Morgan fingerprint density at radius 3 is 2.75 bits per heavy atom. The Morgan fingerprint density at radius 2 is 2.14 bits per heavy atom. The number of aromatic nitrogens is 2. The Kier molecular flexibility index (Phi) is 6.01. The van der Waals surface area contributed by atoms with Crippen LogP contribution in [0.1, 0.15) is 18.3 Å². The van der Waals surface area contributed by atoms with Crippen LogP contribution in [0.4, 0.5) is 5.69 Å². The summed E-state index contributed by atoms with van der Waals surface area (Å²) in [5, 5.41) is 14.0. The van der Waals surface area contributed by atoms with Gasteiger partial charge in [0.25, 0.3) is 0 Å². The van der Waals surface area contributed by atoms with Crippen molar-refractivity contribution in [2.24, 2.45) is 0 Å². The molecule has 1 aromatic heterocycles. The van der Waals surface area contributed by atoms with Crippen molar-refractivity contribution in [3.63, 3.8) is 0 Å². The van der Waals surface area contributed by atoms with Gasteiger partial charge in [0.15, 0.2) is 5.69 Å². The lowest BCUT2D eigenvalue weighted by Gasteiger charge is -2.41. The smallest absolute Gasteiger partial charge is 0.244 e. The van der Waals surface area contributed by atoms with Gasteiger partial charge in [-0.2, -0.15) is 10.4 Å². The molecule has 0 saturated carbocycles. The predicted octanol–water partition coefficient (Wildman–Crippen LogP) is 3.12. The summed E-state index contributed by atoms with van der Waals surface area (Å²) >= 11 is 12.2. The average molecular weight is 422 g/mol. The second-order valence-corrected chi connectivity index (χ2v) is 7.50. The molecular weight excluding hydrogens is 401 g/mol. The van der Waals surface area contributed by atoms with Crippen LogP contribution in [0.2, 0.25) is 10.0 Å². The van der Waals surface area contributed by atoms with Crippen LogP contribution in [0.3, 0.4) is 0 Å². The number of hydrogen-bond donors (Lipinski definition) is 0. The van der Waals surface area contributed by atoms with Gasteiger partial charge < -0.3 is 14.5 Å². The quantitative estimate of drug-likeness (QED) is 0.757. The number of carbonyl (C=O) groups is 1. The minimum atomic E-state index is -0.0485. The van der Waals surface area contributed by atoms with E-state index < -0.39 is 0 Å². The van der Waals surface area contributed by atoms with E-state index in [0.29, 0.717) is 41.1 Å². The van der Waals surface area contributed by atoms with E-state index in [4.69, 9.17) is 33.2 Å². The van der Waals surface area contributed by atoms with Gasteiger partial charge in [-0.05, 0) is 26.0 Å². The van der Waals surface area contributed by atoms with E-state index in [0.717, 1.165) is 5.69 Å². The third-order valence-corrected chi connectivity index (χ3v) is 5.74. The number of anilines is 1. The highest BCUT2D eigenvalue weighted by atomic mass is 35.5. The molecule has 1 aliphatic heterocycles. The molecule has 0 N–H and O–H groups in total. The maximum Gasteiger partial charge on any atom is 0.244 e. The number of halogens is 2. The summed E-state index contributed by atoms with van der Waals surface area (Å²) in [5.41, 5.74) is 1.76. The first-order valence-electron chi connectivity index (χ1n) is 8.86. The molecule has 0 spiro atoms. The molecule has 7 nitrogen and oxygen atoms in total. The summed E-state index contributed by atoms with van der Waals surface area (Å²) in [5.74, 6) is 0.581. The van der Waals surface area contributed by atoms with Crippen molar-refractivity contribution < 1.29 is 9.53 Å². The van der Waals surface area contributed by atoms with Crippen LogP contribution in [0.25, 0.3) is 0 Å². The van der Waals surface area contributed by atoms with Gasteiger partial charge in [0.05, 0.1) is 22.8 Å². The normalized spacial score (nSPS) is 16.8. The van der Waals surface area contributed by atoms with E-state index in [1.807, 2.05) is 36.1 Å². The average Bonchev–Trinajstić information content (AvgIpc) is 2.96. The third-order valence-electron chi connectivity index (χ3n) is 4.97. The summed E-state index contributed by atoms with van der Waals surface area (Å²) < 4.78 is 6.79. The van der Waals surface area contributed by atoms with E-state index in [-0.39, 0.29) is 24.2 Å². The van der Waals surface area contributed by atoms with Crippen LogP contribution in [0.5, 0.6) is 5.75 Å². The van der Waals surface area contributed by atoms with Gasteiger partial charge in [0, 0.05) is 37.4 Å². The number of methoxy groups -OCH3 is 1. The Hall–Kier alpha value is -2.43. The standard InChI is InChI=1S/C19H21Cl2N5O2/c1-12-10-24(14-4-5-15(20)17(8-14)28-3)6-7-25(12)18(27)11-26-13(2)19(21)16(9-22)23-26/h4-5,8,12H,6-7,10-11H2,1-3H3/t12-/m0/s1. The van der Waals surface area contributed by atoms with Crippen molar-refractivity contribution in [3.05, 3.63) is 39.6 Å². The molecule has 28 heavy (non-hydrogen) atoms. The van der Waals surface area contributed by atoms with Crippen LogP contribution >= 0.6 is 23.2 Å². The molecule has 0 radical (unpaired) electrons. The summed E-state index contributed by atoms with van der Waals surface area (Å²) in [7, 11) is 1.59. The van der Waals surface area contributed by atoms with Gasteiger partial charge >= 0.3 is 0 Å². The molecule has 1 saturated heterocycles. The number of piperazine rings is 1. The van der Waals surface area contributed by atoms with Crippen LogP contribution in [0, 0.1) is 18.3 Å². The topological polar surface area (TPSA) is 74.4 Å². The lowest BCUT2D eigenvalue weighted by Crippen LogP contribution is -2.54. The third kappa shape index (κ3) is 3.89.